The normalized spacial score (nSPS) is 16.9. The molecule has 1 atom stereocenters. The summed E-state index contributed by atoms with van der Waals surface area (Å²) in [6, 6.07) is 15.4. The zero-order chi connectivity index (χ0) is 15.0. The topological polar surface area (TPSA) is 85.1 Å². The van der Waals surface area contributed by atoms with E-state index in [1.54, 1.807) is 12.1 Å². The molecule has 1 aliphatic heterocycles. The second-order valence-electron chi connectivity index (χ2n) is 4.78. The van der Waals surface area contributed by atoms with Crippen molar-refractivity contribution in [2.75, 3.05) is 5.73 Å². The van der Waals surface area contributed by atoms with Gasteiger partial charge in [0.1, 0.15) is 17.4 Å². The summed E-state index contributed by atoms with van der Waals surface area (Å²) < 4.78 is 6.49. The predicted octanol–water partition coefficient (Wildman–Crippen LogP) is 3.25. The van der Waals surface area contributed by atoms with E-state index in [9.17, 15) is 5.26 Å². The van der Waals surface area contributed by atoms with Crippen LogP contribution in [-0.2, 0) is 0 Å². The molecule has 5 heteroatoms. The molecular formula is C16H12BrN3O. The molecule has 0 radical (unpaired) electrons. The van der Waals surface area contributed by atoms with Crippen molar-refractivity contribution in [2.24, 2.45) is 5.73 Å². The minimum Gasteiger partial charge on any atom is -0.440 e. The van der Waals surface area contributed by atoms with E-state index in [-0.39, 0.29) is 11.8 Å². The number of nitriles is 1. The van der Waals surface area contributed by atoms with Crippen LogP contribution in [0.4, 0.5) is 5.69 Å². The highest BCUT2D eigenvalue weighted by Crippen LogP contribution is 2.43. The van der Waals surface area contributed by atoms with Gasteiger partial charge in [-0.1, -0.05) is 34.1 Å². The summed E-state index contributed by atoms with van der Waals surface area (Å²) in [5.74, 6) is 0.467. The van der Waals surface area contributed by atoms with Gasteiger partial charge in [-0.15, -0.1) is 0 Å². The van der Waals surface area contributed by atoms with Gasteiger partial charge in [-0.2, -0.15) is 5.26 Å². The summed E-state index contributed by atoms with van der Waals surface area (Å²) in [4.78, 5) is 0. The van der Waals surface area contributed by atoms with Crippen molar-refractivity contribution in [3.05, 3.63) is 69.5 Å². The monoisotopic (exact) mass is 341 g/mol. The first-order valence-electron chi connectivity index (χ1n) is 6.32. The van der Waals surface area contributed by atoms with Crippen LogP contribution in [-0.4, -0.2) is 0 Å². The number of nitrogen functional groups attached to an aromatic ring is 1. The molecule has 0 saturated heterocycles. The number of rotatable bonds is 1. The highest BCUT2D eigenvalue weighted by atomic mass is 79.9. The standard InChI is InChI=1S/C16H12BrN3O/c17-10-3-1-2-9(6-10)15-12-5-4-11(19)7-14(12)21-16(20)13(15)8-18/h1-7,15H,19-20H2/t15-/m0/s1. The first kappa shape index (κ1) is 13.5. The second kappa shape index (κ2) is 5.15. The van der Waals surface area contributed by atoms with E-state index in [2.05, 4.69) is 22.0 Å². The molecule has 3 rings (SSSR count). The van der Waals surface area contributed by atoms with Gasteiger partial charge in [-0.3, -0.25) is 0 Å². The average molecular weight is 342 g/mol. The Bertz CT molecular complexity index is 792. The number of benzene rings is 2. The maximum absolute atomic E-state index is 9.44. The molecular weight excluding hydrogens is 330 g/mol. The number of hydrogen-bond donors (Lipinski definition) is 2. The quantitative estimate of drug-likeness (QED) is 0.779. The largest absolute Gasteiger partial charge is 0.440 e. The predicted molar refractivity (Wildman–Crippen MR) is 84.3 cm³/mol. The Morgan fingerprint density at radius 2 is 1.95 bits per heavy atom. The van der Waals surface area contributed by atoms with Gasteiger partial charge in [0.15, 0.2) is 0 Å². The summed E-state index contributed by atoms with van der Waals surface area (Å²) in [5, 5.41) is 9.44. The van der Waals surface area contributed by atoms with E-state index in [0.717, 1.165) is 15.6 Å². The van der Waals surface area contributed by atoms with E-state index in [0.29, 0.717) is 17.0 Å². The van der Waals surface area contributed by atoms with Gasteiger partial charge in [0.2, 0.25) is 5.88 Å². The van der Waals surface area contributed by atoms with Crippen LogP contribution in [0, 0.1) is 11.3 Å². The molecule has 1 heterocycles. The molecule has 0 aromatic heterocycles. The summed E-state index contributed by atoms with van der Waals surface area (Å²) in [5.41, 5.74) is 14.5. The van der Waals surface area contributed by atoms with Crippen LogP contribution >= 0.6 is 15.9 Å². The second-order valence-corrected chi connectivity index (χ2v) is 5.69. The van der Waals surface area contributed by atoms with Crippen LogP contribution in [0.1, 0.15) is 17.0 Å². The molecule has 21 heavy (non-hydrogen) atoms. The van der Waals surface area contributed by atoms with Crippen LogP contribution < -0.4 is 16.2 Å². The van der Waals surface area contributed by atoms with Gasteiger partial charge in [0, 0.05) is 21.8 Å². The van der Waals surface area contributed by atoms with E-state index in [1.807, 2.05) is 30.3 Å². The third kappa shape index (κ3) is 2.34. The molecule has 1 aliphatic rings. The lowest BCUT2D eigenvalue weighted by molar-refractivity contribution is 0.394. The Morgan fingerprint density at radius 3 is 2.67 bits per heavy atom. The lowest BCUT2D eigenvalue weighted by Crippen LogP contribution is -2.21. The summed E-state index contributed by atoms with van der Waals surface area (Å²) in [6.45, 7) is 0. The van der Waals surface area contributed by atoms with Gasteiger partial charge < -0.3 is 16.2 Å². The number of anilines is 1. The number of halogens is 1. The van der Waals surface area contributed by atoms with Gasteiger partial charge >= 0.3 is 0 Å². The molecule has 0 fully saturated rings. The number of allylic oxidation sites excluding steroid dienone is 1. The molecule has 0 unspecified atom stereocenters. The molecule has 0 bridgehead atoms. The Hall–Kier alpha value is -2.45. The lowest BCUT2D eigenvalue weighted by Gasteiger charge is -2.26. The highest BCUT2D eigenvalue weighted by Gasteiger charge is 2.30. The van der Waals surface area contributed by atoms with Crippen LogP contribution in [0.25, 0.3) is 0 Å². The molecule has 2 aromatic rings. The zero-order valence-electron chi connectivity index (χ0n) is 11.0. The van der Waals surface area contributed by atoms with Crippen molar-refractivity contribution in [3.8, 4) is 11.8 Å². The molecule has 0 saturated carbocycles. The molecule has 0 spiro atoms. The molecule has 4 nitrogen and oxygen atoms in total. The maximum Gasteiger partial charge on any atom is 0.205 e. The summed E-state index contributed by atoms with van der Waals surface area (Å²) in [6.07, 6.45) is 0. The summed E-state index contributed by atoms with van der Waals surface area (Å²) in [7, 11) is 0. The maximum atomic E-state index is 9.44. The van der Waals surface area contributed by atoms with Gasteiger partial charge in [0.25, 0.3) is 0 Å². The van der Waals surface area contributed by atoms with Crippen molar-refractivity contribution in [2.45, 2.75) is 5.92 Å². The van der Waals surface area contributed by atoms with Crippen LogP contribution in [0.5, 0.6) is 5.75 Å². The fourth-order valence-electron chi connectivity index (χ4n) is 2.50. The van der Waals surface area contributed by atoms with Crippen LogP contribution in [0.2, 0.25) is 0 Å². The van der Waals surface area contributed by atoms with E-state index >= 15 is 0 Å². The third-order valence-electron chi connectivity index (χ3n) is 3.43. The van der Waals surface area contributed by atoms with Crippen molar-refractivity contribution < 1.29 is 4.74 Å². The first-order chi connectivity index (χ1) is 10.1. The number of fused-ring (bicyclic) bond motifs is 1. The minimum atomic E-state index is -0.253. The van der Waals surface area contributed by atoms with Crippen molar-refractivity contribution >= 4 is 21.6 Å². The van der Waals surface area contributed by atoms with Gasteiger partial charge in [-0.25, -0.2) is 0 Å². The van der Waals surface area contributed by atoms with Crippen molar-refractivity contribution in [3.63, 3.8) is 0 Å². The number of hydrogen-bond acceptors (Lipinski definition) is 4. The molecule has 4 N–H and O–H groups in total. The van der Waals surface area contributed by atoms with Gasteiger partial charge in [0.05, 0.1) is 5.92 Å². The number of nitrogens with two attached hydrogens (primary N) is 2. The fraction of sp³-hybridized carbons (Fsp3) is 0.0625. The third-order valence-corrected chi connectivity index (χ3v) is 3.92. The molecule has 0 amide bonds. The summed E-state index contributed by atoms with van der Waals surface area (Å²) >= 11 is 3.46. The van der Waals surface area contributed by atoms with Gasteiger partial charge in [-0.05, 0) is 23.8 Å². The van der Waals surface area contributed by atoms with Crippen molar-refractivity contribution in [1.82, 2.24) is 0 Å². The van der Waals surface area contributed by atoms with E-state index in [4.69, 9.17) is 16.2 Å². The van der Waals surface area contributed by atoms with E-state index < -0.39 is 0 Å². The number of ether oxygens (including phenoxy) is 1. The van der Waals surface area contributed by atoms with Crippen molar-refractivity contribution in [1.29, 1.82) is 5.26 Å². The fourth-order valence-corrected chi connectivity index (χ4v) is 2.92. The Kier molecular flexibility index (Phi) is 3.32. The lowest BCUT2D eigenvalue weighted by atomic mass is 9.83. The Morgan fingerprint density at radius 1 is 1.14 bits per heavy atom. The highest BCUT2D eigenvalue weighted by molar-refractivity contribution is 9.10. The molecule has 0 aliphatic carbocycles. The Balaban J connectivity index is 2.24. The number of nitrogens with zero attached hydrogens (tertiary/aromatic N) is 1. The van der Waals surface area contributed by atoms with Crippen LogP contribution in [0.3, 0.4) is 0 Å². The zero-order valence-corrected chi connectivity index (χ0v) is 12.6. The SMILES string of the molecule is N#CC1=C(N)Oc2cc(N)ccc2[C@@H]1c1cccc(Br)c1. The Labute approximate surface area is 130 Å². The smallest absolute Gasteiger partial charge is 0.205 e. The van der Waals surface area contributed by atoms with E-state index in [1.165, 1.54) is 0 Å². The molecule has 2 aromatic carbocycles. The van der Waals surface area contributed by atoms with Crippen LogP contribution in [0.15, 0.2) is 58.4 Å². The minimum absolute atomic E-state index is 0.126. The average Bonchev–Trinajstić information content (AvgIpc) is 2.45. The molecule has 104 valence electrons. The first-order valence-corrected chi connectivity index (χ1v) is 7.12.